The first-order valence-corrected chi connectivity index (χ1v) is 5.73. The van der Waals surface area contributed by atoms with Gasteiger partial charge in [0.15, 0.2) is 0 Å². The number of hydrogen-bond donors (Lipinski definition) is 0. The molecule has 0 aliphatic heterocycles. The van der Waals surface area contributed by atoms with Gasteiger partial charge >= 0.3 is 5.97 Å². The van der Waals surface area contributed by atoms with Crippen LogP contribution in [0.5, 0.6) is 0 Å². The number of benzene rings is 1. The van der Waals surface area contributed by atoms with Crippen LogP contribution in [0.4, 0.5) is 0 Å². The van der Waals surface area contributed by atoms with Crippen LogP contribution < -0.4 is 0 Å². The number of hydrogen-bond acceptors (Lipinski definition) is 3. The van der Waals surface area contributed by atoms with Gasteiger partial charge in [0.1, 0.15) is 0 Å². The standard InChI is InChI=1S/C14H15NO2/c1-3-17-14(16)10(2)11-6-7-13-12(9-11)5-4-8-15-13/h4-10H,3H2,1-2H3/t10-/m1/s1. The van der Waals surface area contributed by atoms with Crippen LogP contribution in [-0.4, -0.2) is 17.6 Å². The van der Waals surface area contributed by atoms with E-state index in [1.165, 1.54) is 0 Å². The van der Waals surface area contributed by atoms with E-state index in [1.807, 2.05) is 44.2 Å². The molecule has 0 amide bonds. The van der Waals surface area contributed by atoms with Gasteiger partial charge in [-0.1, -0.05) is 12.1 Å². The second-order valence-electron chi connectivity index (χ2n) is 3.93. The van der Waals surface area contributed by atoms with E-state index < -0.39 is 0 Å². The maximum absolute atomic E-state index is 11.6. The number of fused-ring (bicyclic) bond motifs is 1. The second-order valence-corrected chi connectivity index (χ2v) is 3.93. The number of aromatic nitrogens is 1. The van der Waals surface area contributed by atoms with Gasteiger partial charge in [-0.25, -0.2) is 0 Å². The molecule has 2 rings (SSSR count). The van der Waals surface area contributed by atoms with Crippen LogP contribution in [0.2, 0.25) is 0 Å². The van der Waals surface area contributed by atoms with E-state index in [0.717, 1.165) is 16.5 Å². The Labute approximate surface area is 100 Å². The van der Waals surface area contributed by atoms with Crippen molar-refractivity contribution in [2.24, 2.45) is 0 Å². The van der Waals surface area contributed by atoms with Crippen molar-refractivity contribution < 1.29 is 9.53 Å². The molecule has 17 heavy (non-hydrogen) atoms. The molecule has 0 aliphatic rings. The summed E-state index contributed by atoms with van der Waals surface area (Å²) in [4.78, 5) is 15.9. The number of nitrogens with zero attached hydrogens (tertiary/aromatic N) is 1. The monoisotopic (exact) mass is 229 g/mol. The van der Waals surface area contributed by atoms with Crippen molar-refractivity contribution in [2.75, 3.05) is 6.61 Å². The molecular weight excluding hydrogens is 214 g/mol. The summed E-state index contributed by atoms with van der Waals surface area (Å²) >= 11 is 0. The van der Waals surface area contributed by atoms with Crippen molar-refractivity contribution in [1.29, 1.82) is 0 Å². The fraction of sp³-hybridized carbons (Fsp3) is 0.286. The van der Waals surface area contributed by atoms with Gasteiger partial charge in [0, 0.05) is 11.6 Å². The van der Waals surface area contributed by atoms with Gasteiger partial charge in [0.2, 0.25) is 0 Å². The molecule has 3 heteroatoms. The molecule has 0 saturated heterocycles. The van der Waals surface area contributed by atoms with E-state index in [-0.39, 0.29) is 11.9 Å². The van der Waals surface area contributed by atoms with Crippen molar-refractivity contribution in [2.45, 2.75) is 19.8 Å². The Bertz CT molecular complexity index is 536. The highest BCUT2D eigenvalue weighted by atomic mass is 16.5. The van der Waals surface area contributed by atoms with E-state index in [9.17, 15) is 4.79 Å². The van der Waals surface area contributed by atoms with Crippen LogP contribution in [0.25, 0.3) is 10.9 Å². The third-order valence-corrected chi connectivity index (χ3v) is 2.77. The molecule has 0 bridgehead atoms. The maximum atomic E-state index is 11.6. The summed E-state index contributed by atoms with van der Waals surface area (Å²) in [5.74, 6) is -0.421. The minimum Gasteiger partial charge on any atom is -0.466 e. The molecular formula is C14H15NO2. The molecule has 1 heterocycles. The highest BCUT2D eigenvalue weighted by Crippen LogP contribution is 2.21. The van der Waals surface area contributed by atoms with Crippen LogP contribution in [-0.2, 0) is 9.53 Å². The third kappa shape index (κ3) is 2.44. The van der Waals surface area contributed by atoms with E-state index >= 15 is 0 Å². The summed E-state index contributed by atoms with van der Waals surface area (Å²) in [7, 11) is 0. The molecule has 3 nitrogen and oxygen atoms in total. The number of ether oxygens (including phenoxy) is 1. The average molecular weight is 229 g/mol. The lowest BCUT2D eigenvalue weighted by Gasteiger charge is -2.11. The predicted octanol–water partition coefficient (Wildman–Crippen LogP) is 2.90. The van der Waals surface area contributed by atoms with E-state index in [0.29, 0.717) is 6.61 Å². The van der Waals surface area contributed by atoms with E-state index in [1.54, 1.807) is 6.20 Å². The van der Waals surface area contributed by atoms with Crippen molar-refractivity contribution in [1.82, 2.24) is 4.98 Å². The molecule has 88 valence electrons. The van der Waals surface area contributed by atoms with Crippen molar-refractivity contribution in [3.05, 3.63) is 42.1 Å². The smallest absolute Gasteiger partial charge is 0.313 e. The zero-order valence-corrected chi connectivity index (χ0v) is 10.0. The second kappa shape index (κ2) is 4.95. The van der Waals surface area contributed by atoms with Gasteiger partial charge in [-0.15, -0.1) is 0 Å². The van der Waals surface area contributed by atoms with Crippen molar-refractivity contribution in [3.8, 4) is 0 Å². The molecule has 0 spiro atoms. The number of pyridine rings is 1. The van der Waals surface area contributed by atoms with Crippen molar-refractivity contribution in [3.63, 3.8) is 0 Å². The third-order valence-electron chi connectivity index (χ3n) is 2.77. The summed E-state index contributed by atoms with van der Waals surface area (Å²) in [5.41, 5.74) is 1.90. The summed E-state index contributed by atoms with van der Waals surface area (Å²) in [5, 5.41) is 1.04. The Morgan fingerprint density at radius 1 is 1.41 bits per heavy atom. The number of esters is 1. The van der Waals surface area contributed by atoms with Gasteiger partial charge in [0.25, 0.3) is 0 Å². The topological polar surface area (TPSA) is 39.2 Å². The van der Waals surface area contributed by atoms with Gasteiger partial charge < -0.3 is 4.74 Å². The number of carbonyl (C=O) groups excluding carboxylic acids is 1. The fourth-order valence-electron chi connectivity index (χ4n) is 1.77. The molecule has 0 unspecified atom stereocenters. The Hall–Kier alpha value is -1.90. The SMILES string of the molecule is CCOC(=O)[C@H](C)c1ccc2ncccc2c1. The van der Waals surface area contributed by atoms with Crippen LogP contribution in [0.3, 0.4) is 0 Å². The van der Waals surface area contributed by atoms with Gasteiger partial charge in [-0.05, 0) is 37.6 Å². The Kier molecular flexibility index (Phi) is 3.38. The van der Waals surface area contributed by atoms with Gasteiger partial charge in [-0.2, -0.15) is 0 Å². The summed E-state index contributed by atoms with van der Waals surface area (Å²) < 4.78 is 5.02. The predicted molar refractivity (Wildman–Crippen MR) is 66.8 cm³/mol. The lowest BCUT2D eigenvalue weighted by molar-refractivity contribution is -0.144. The summed E-state index contributed by atoms with van der Waals surface area (Å²) in [6, 6.07) is 9.73. The lowest BCUT2D eigenvalue weighted by Crippen LogP contribution is -2.12. The van der Waals surface area contributed by atoms with Crippen LogP contribution in [0, 0.1) is 0 Å². The molecule has 2 aromatic rings. The zero-order chi connectivity index (χ0) is 12.3. The molecule has 0 aliphatic carbocycles. The highest BCUT2D eigenvalue weighted by Gasteiger charge is 2.16. The Balaban J connectivity index is 2.32. The van der Waals surface area contributed by atoms with Crippen LogP contribution in [0.15, 0.2) is 36.5 Å². The minimum atomic E-state index is -0.237. The Morgan fingerprint density at radius 2 is 2.24 bits per heavy atom. The normalized spacial score (nSPS) is 12.4. The van der Waals surface area contributed by atoms with Gasteiger partial charge in [0.05, 0.1) is 18.0 Å². The van der Waals surface area contributed by atoms with Crippen LogP contribution >= 0.6 is 0 Å². The van der Waals surface area contributed by atoms with Gasteiger partial charge in [-0.3, -0.25) is 9.78 Å². The first kappa shape index (κ1) is 11.6. The van der Waals surface area contributed by atoms with E-state index in [2.05, 4.69) is 4.98 Å². The lowest BCUT2D eigenvalue weighted by atomic mass is 9.99. The van der Waals surface area contributed by atoms with E-state index in [4.69, 9.17) is 4.74 Å². The van der Waals surface area contributed by atoms with Crippen molar-refractivity contribution >= 4 is 16.9 Å². The zero-order valence-electron chi connectivity index (χ0n) is 10.0. The minimum absolute atomic E-state index is 0.184. The molecule has 0 fully saturated rings. The largest absolute Gasteiger partial charge is 0.466 e. The molecule has 1 aromatic carbocycles. The first-order valence-electron chi connectivity index (χ1n) is 5.73. The molecule has 0 N–H and O–H groups in total. The van der Waals surface area contributed by atoms with Crippen LogP contribution in [0.1, 0.15) is 25.3 Å². The molecule has 0 saturated carbocycles. The number of carbonyl (C=O) groups is 1. The highest BCUT2D eigenvalue weighted by molar-refractivity contribution is 5.83. The fourth-order valence-corrected chi connectivity index (χ4v) is 1.77. The number of rotatable bonds is 3. The maximum Gasteiger partial charge on any atom is 0.313 e. The first-order chi connectivity index (χ1) is 8.22. The summed E-state index contributed by atoms with van der Waals surface area (Å²) in [6.07, 6.45) is 1.76. The molecule has 0 radical (unpaired) electrons. The quantitative estimate of drug-likeness (QED) is 0.760. The molecule has 1 aromatic heterocycles. The molecule has 1 atom stereocenters. The average Bonchev–Trinajstić information content (AvgIpc) is 2.37. The Morgan fingerprint density at radius 3 is 3.00 bits per heavy atom. The summed E-state index contributed by atoms with van der Waals surface area (Å²) in [6.45, 7) is 4.09.